The zero-order chi connectivity index (χ0) is 8.55. The Morgan fingerprint density at radius 3 is 2.92 bits per heavy atom. The minimum atomic E-state index is 0.877. The van der Waals surface area contributed by atoms with Crippen LogP contribution in [0.3, 0.4) is 0 Å². The van der Waals surface area contributed by atoms with E-state index >= 15 is 0 Å². The first-order valence-corrected chi connectivity index (χ1v) is 4.31. The average molecular weight is 154 g/mol. The Morgan fingerprint density at radius 2 is 2.08 bits per heavy atom. The molecular weight excluding hydrogens is 143 g/mol. The molecule has 0 saturated carbocycles. The molecule has 0 spiro atoms. The summed E-state index contributed by atoms with van der Waals surface area (Å²) >= 11 is 0. The SMILES string of the molecule is [B]c1ccc2c(c1)CCC(C)=C2. The highest BCUT2D eigenvalue weighted by Crippen LogP contribution is 2.21. The van der Waals surface area contributed by atoms with Gasteiger partial charge in [0.15, 0.2) is 0 Å². The molecule has 0 bridgehead atoms. The van der Waals surface area contributed by atoms with E-state index in [4.69, 9.17) is 7.85 Å². The second-order valence-corrected chi connectivity index (χ2v) is 3.45. The van der Waals surface area contributed by atoms with E-state index in [9.17, 15) is 0 Å². The number of rotatable bonds is 0. The van der Waals surface area contributed by atoms with Gasteiger partial charge in [-0.2, -0.15) is 0 Å². The molecule has 1 heteroatoms. The van der Waals surface area contributed by atoms with Gasteiger partial charge in [-0.3, -0.25) is 0 Å². The van der Waals surface area contributed by atoms with Crippen LogP contribution < -0.4 is 5.46 Å². The molecule has 0 amide bonds. The Hall–Kier alpha value is -0.975. The minimum Gasteiger partial charge on any atom is -0.0964 e. The largest absolute Gasteiger partial charge is 0.113 e. The topological polar surface area (TPSA) is 0 Å². The molecular formula is C11H11B. The highest BCUT2D eigenvalue weighted by Gasteiger charge is 2.06. The first-order valence-electron chi connectivity index (χ1n) is 4.31. The molecule has 0 saturated heterocycles. The van der Waals surface area contributed by atoms with Crippen LogP contribution in [-0.2, 0) is 6.42 Å². The summed E-state index contributed by atoms with van der Waals surface area (Å²) < 4.78 is 0. The third-order valence-corrected chi connectivity index (χ3v) is 2.36. The molecule has 0 aliphatic heterocycles. The van der Waals surface area contributed by atoms with Crippen molar-refractivity contribution in [3.05, 3.63) is 34.9 Å². The van der Waals surface area contributed by atoms with E-state index in [1.807, 2.05) is 6.07 Å². The zero-order valence-corrected chi connectivity index (χ0v) is 7.30. The van der Waals surface area contributed by atoms with Crippen molar-refractivity contribution in [2.45, 2.75) is 19.8 Å². The van der Waals surface area contributed by atoms with Crippen LogP contribution in [0.5, 0.6) is 0 Å². The molecule has 1 aromatic rings. The first-order chi connectivity index (χ1) is 5.75. The standard InChI is InChI=1S/C11H11B/c1-8-2-3-10-7-11(12)5-4-9(10)6-8/h4-7H,2-3H2,1H3. The first kappa shape index (κ1) is 7.66. The van der Waals surface area contributed by atoms with Crippen molar-refractivity contribution in [3.8, 4) is 0 Å². The van der Waals surface area contributed by atoms with Gasteiger partial charge in [0.2, 0.25) is 0 Å². The van der Waals surface area contributed by atoms with E-state index in [0.717, 1.165) is 11.9 Å². The second kappa shape index (κ2) is 2.82. The van der Waals surface area contributed by atoms with Crippen LogP contribution in [0.15, 0.2) is 23.8 Å². The molecule has 1 aromatic carbocycles. The van der Waals surface area contributed by atoms with E-state index < -0.39 is 0 Å². The molecule has 0 N–H and O–H groups in total. The van der Waals surface area contributed by atoms with Gasteiger partial charge in [0.1, 0.15) is 7.85 Å². The number of hydrogen-bond acceptors (Lipinski definition) is 0. The van der Waals surface area contributed by atoms with Gasteiger partial charge in [0, 0.05) is 0 Å². The summed E-state index contributed by atoms with van der Waals surface area (Å²) in [5.41, 5.74) is 5.07. The van der Waals surface area contributed by atoms with E-state index in [1.165, 1.54) is 23.1 Å². The molecule has 0 heterocycles. The Labute approximate surface area is 74.7 Å². The molecule has 0 aromatic heterocycles. The van der Waals surface area contributed by atoms with Gasteiger partial charge < -0.3 is 0 Å². The molecule has 1 aliphatic rings. The predicted octanol–water partition coefficient (Wildman–Crippen LogP) is 1.83. The molecule has 58 valence electrons. The monoisotopic (exact) mass is 154 g/mol. The van der Waals surface area contributed by atoms with Gasteiger partial charge in [0.05, 0.1) is 0 Å². The fraction of sp³-hybridized carbons (Fsp3) is 0.273. The van der Waals surface area contributed by atoms with Gasteiger partial charge in [-0.1, -0.05) is 35.3 Å². The summed E-state index contributed by atoms with van der Waals surface area (Å²) in [5.74, 6) is 0. The van der Waals surface area contributed by atoms with Crippen LogP contribution in [0, 0.1) is 0 Å². The summed E-state index contributed by atoms with van der Waals surface area (Å²) in [6.45, 7) is 2.18. The van der Waals surface area contributed by atoms with Gasteiger partial charge in [0.25, 0.3) is 0 Å². The van der Waals surface area contributed by atoms with Crippen molar-refractivity contribution < 1.29 is 0 Å². The highest BCUT2D eigenvalue weighted by molar-refractivity contribution is 6.32. The minimum absolute atomic E-state index is 0.877. The molecule has 0 nitrogen and oxygen atoms in total. The second-order valence-electron chi connectivity index (χ2n) is 3.45. The lowest BCUT2D eigenvalue weighted by Crippen LogP contribution is -2.06. The quantitative estimate of drug-likeness (QED) is 0.500. The van der Waals surface area contributed by atoms with Crippen molar-refractivity contribution in [2.24, 2.45) is 0 Å². The normalized spacial score (nSPS) is 15.2. The average Bonchev–Trinajstić information content (AvgIpc) is 2.05. The van der Waals surface area contributed by atoms with Crippen LogP contribution in [0.1, 0.15) is 24.5 Å². The maximum Gasteiger partial charge on any atom is 0.113 e. The van der Waals surface area contributed by atoms with Crippen LogP contribution in [-0.4, -0.2) is 7.85 Å². The van der Waals surface area contributed by atoms with Crippen molar-refractivity contribution in [1.29, 1.82) is 0 Å². The van der Waals surface area contributed by atoms with Crippen molar-refractivity contribution in [1.82, 2.24) is 0 Å². The lowest BCUT2D eigenvalue weighted by molar-refractivity contribution is 0.929. The van der Waals surface area contributed by atoms with Crippen LogP contribution in [0.25, 0.3) is 6.08 Å². The predicted molar refractivity (Wildman–Crippen MR) is 53.8 cm³/mol. The van der Waals surface area contributed by atoms with E-state index in [1.54, 1.807) is 0 Å². The lowest BCUT2D eigenvalue weighted by Gasteiger charge is -2.14. The number of fused-ring (bicyclic) bond motifs is 1. The summed E-state index contributed by atoms with van der Waals surface area (Å²) in [6.07, 6.45) is 4.57. The molecule has 0 fully saturated rings. The maximum absolute atomic E-state index is 5.70. The Kier molecular flexibility index (Phi) is 1.80. The molecule has 1 aliphatic carbocycles. The Balaban J connectivity index is 2.51. The third kappa shape index (κ3) is 1.31. The summed E-state index contributed by atoms with van der Waals surface area (Å²) in [7, 11) is 5.70. The summed E-state index contributed by atoms with van der Waals surface area (Å²) in [4.78, 5) is 0. The van der Waals surface area contributed by atoms with Gasteiger partial charge in [-0.15, -0.1) is 0 Å². The van der Waals surface area contributed by atoms with Gasteiger partial charge in [-0.25, -0.2) is 0 Å². The van der Waals surface area contributed by atoms with E-state index in [-0.39, 0.29) is 0 Å². The Bertz CT molecular complexity index is 337. The summed E-state index contributed by atoms with van der Waals surface area (Å²) in [5, 5.41) is 0. The number of benzene rings is 1. The maximum atomic E-state index is 5.70. The van der Waals surface area contributed by atoms with Crippen molar-refractivity contribution in [3.63, 3.8) is 0 Å². The fourth-order valence-electron chi connectivity index (χ4n) is 1.65. The van der Waals surface area contributed by atoms with E-state index in [2.05, 4.69) is 25.1 Å². The third-order valence-electron chi connectivity index (χ3n) is 2.36. The van der Waals surface area contributed by atoms with Crippen molar-refractivity contribution >= 4 is 19.4 Å². The number of allylic oxidation sites excluding steroid dienone is 1. The molecule has 0 unspecified atom stereocenters. The molecule has 0 atom stereocenters. The lowest BCUT2D eigenvalue weighted by atomic mass is 9.87. The molecule has 2 rings (SSSR count). The Morgan fingerprint density at radius 1 is 1.25 bits per heavy atom. The molecule has 12 heavy (non-hydrogen) atoms. The van der Waals surface area contributed by atoms with E-state index in [0.29, 0.717) is 0 Å². The van der Waals surface area contributed by atoms with Crippen LogP contribution in [0.2, 0.25) is 0 Å². The van der Waals surface area contributed by atoms with Crippen LogP contribution in [0.4, 0.5) is 0 Å². The highest BCUT2D eigenvalue weighted by atomic mass is 14.1. The fourth-order valence-corrected chi connectivity index (χ4v) is 1.65. The summed E-state index contributed by atoms with van der Waals surface area (Å²) in [6, 6.07) is 6.15. The van der Waals surface area contributed by atoms with Crippen molar-refractivity contribution in [2.75, 3.05) is 0 Å². The van der Waals surface area contributed by atoms with Gasteiger partial charge in [-0.05, 0) is 30.9 Å². The van der Waals surface area contributed by atoms with Crippen LogP contribution >= 0.6 is 0 Å². The smallest absolute Gasteiger partial charge is 0.0964 e. The van der Waals surface area contributed by atoms with Gasteiger partial charge >= 0.3 is 0 Å². The zero-order valence-electron chi connectivity index (χ0n) is 7.30. The molecule has 2 radical (unpaired) electrons. The number of hydrogen-bond donors (Lipinski definition) is 0. The number of aryl methyl sites for hydroxylation is 1.